The molecule has 1 aromatic carbocycles. The number of anilines is 1. The van der Waals surface area contributed by atoms with Crippen molar-refractivity contribution >= 4 is 11.5 Å². The number of aromatic nitrogens is 1. The highest BCUT2D eigenvalue weighted by atomic mass is 19.1. The largest absolute Gasteiger partial charge is 0.397 e. The highest BCUT2D eigenvalue weighted by molar-refractivity contribution is 6.11. The van der Waals surface area contributed by atoms with Crippen molar-refractivity contribution in [3.05, 3.63) is 58.7 Å². The highest BCUT2D eigenvalue weighted by Gasteiger charge is 2.20. The Balaban J connectivity index is 2.57. The first-order valence-electron chi connectivity index (χ1n) is 5.52. The smallest absolute Gasteiger partial charge is 0.216 e. The third kappa shape index (κ3) is 2.09. The molecule has 1 aromatic heterocycles. The summed E-state index contributed by atoms with van der Waals surface area (Å²) < 4.78 is 13.9. The van der Waals surface area contributed by atoms with Crippen molar-refractivity contribution in [3.63, 3.8) is 0 Å². The Morgan fingerprint density at radius 1 is 1.33 bits per heavy atom. The summed E-state index contributed by atoms with van der Waals surface area (Å²) in [7, 11) is 0. The Labute approximate surface area is 104 Å². The molecule has 2 rings (SSSR count). The molecule has 0 amide bonds. The van der Waals surface area contributed by atoms with Gasteiger partial charge in [0.05, 0.1) is 11.3 Å². The van der Waals surface area contributed by atoms with Crippen LogP contribution in [0.2, 0.25) is 0 Å². The lowest BCUT2D eigenvalue weighted by molar-refractivity contribution is 0.103. The topological polar surface area (TPSA) is 56.0 Å². The van der Waals surface area contributed by atoms with E-state index < -0.39 is 11.6 Å². The van der Waals surface area contributed by atoms with Crippen LogP contribution in [0.1, 0.15) is 27.2 Å². The Hall–Kier alpha value is -2.23. The van der Waals surface area contributed by atoms with Crippen LogP contribution in [0.5, 0.6) is 0 Å². The minimum absolute atomic E-state index is 0.0333. The lowest BCUT2D eigenvalue weighted by Crippen LogP contribution is -2.11. The van der Waals surface area contributed by atoms with Crippen LogP contribution in [0, 0.1) is 19.7 Å². The molecule has 0 spiro atoms. The van der Waals surface area contributed by atoms with Gasteiger partial charge in [-0.3, -0.25) is 9.78 Å². The minimum atomic E-state index is -0.539. The van der Waals surface area contributed by atoms with E-state index in [9.17, 15) is 9.18 Å². The number of hydrogen-bond donors (Lipinski definition) is 1. The molecule has 92 valence electrons. The van der Waals surface area contributed by atoms with Crippen LogP contribution >= 0.6 is 0 Å². The molecule has 0 radical (unpaired) electrons. The molecule has 2 aromatic rings. The van der Waals surface area contributed by atoms with E-state index in [2.05, 4.69) is 4.98 Å². The molecule has 0 bridgehead atoms. The van der Waals surface area contributed by atoms with E-state index in [0.717, 1.165) is 5.56 Å². The van der Waals surface area contributed by atoms with Gasteiger partial charge in [-0.25, -0.2) is 4.39 Å². The first kappa shape index (κ1) is 12.2. The van der Waals surface area contributed by atoms with Crippen LogP contribution in [0.15, 0.2) is 30.5 Å². The Bertz CT molecular complexity index is 600. The van der Waals surface area contributed by atoms with Crippen LogP contribution < -0.4 is 5.73 Å². The molecule has 0 fully saturated rings. The van der Waals surface area contributed by atoms with Crippen LogP contribution in [0.25, 0.3) is 0 Å². The van der Waals surface area contributed by atoms with E-state index in [1.165, 1.54) is 12.3 Å². The van der Waals surface area contributed by atoms with Crippen LogP contribution in [0.3, 0.4) is 0 Å². The molecule has 1 heterocycles. The van der Waals surface area contributed by atoms with Gasteiger partial charge in [0.1, 0.15) is 11.5 Å². The second-order valence-corrected chi connectivity index (χ2v) is 4.21. The predicted octanol–water partition coefficient (Wildman–Crippen LogP) is 2.65. The van der Waals surface area contributed by atoms with E-state index in [1.807, 2.05) is 0 Å². The van der Waals surface area contributed by atoms with Crippen molar-refractivity contribution in [3.8, 4) is 0 Å². The fourth-order valence-electron chi connectivity index (χ4n) is 1.93. The van der Waals surface area contributed by atoms with Crippen molar-refractivity contribution < 1.29 is 9.18 Å². The molecule has 0 unspecified atom stereocenters. The molecule has 0 saturated carbocycles. The molecule has 0 aliphatic carbocycles. The lowest BCUT2D eigenvalue weighted by Gasteiger charge is -2.08. The summed E-state index contributed by atoms with van der Waals surface area (Å²) in [6.45, 7) is 3.47. The number of carbonyl (C=O) groups is 1. The zero-order valence-corrected chi connectivity index (χ0v) is 10.2. The zero-order valence-electron chi connectivity index (χ0n) is 10.2. The Morgan fingerprint density at radius 2 is 2.06 bits per heavy atom. The maximum absolute atomic E-state index is 13.9. The predicted molar refractivity (Wildman–Crippen MR) is 68.0 cm³/mol. The second-order valence-electron chi connectivity index (χ2n) is 4.21. The van der Waals surface area contributed by atoms with Gasteiger partial charge in [-0.05, 0) is 43.2 Å². The summed E-state index contributed by atoms with van der Waals surface area (Å²) in [4.78, 5) is 16.2. The number of rotatable bonds is 2. The number of halogens is 1. The van der Waals surface area contributed by atoms with Gasteiger partial charge < -0.3 is 5.73 Å². The van der Waals surface area contributed by atoms with Crippen LogP contribution in [-0.2, 0) is 0 Å². The van der Waals surface area contributed by atoms with E-state index in [4.69, 9.17) is 5.73 Å². The van der Waals surface area contributed by atoms with Gasteiger partial charge in [0.2, 0.25) is 5.78 Å². The fourth-order valence-corrected chi connectivity index (χ4v) is 1.93. The standard InChI is InChI=1S/C14H13FN2O/c1-8-6-9(2)12(10(15)7-8)14(18)13-11(16)4-3-5-17-13/h3-7H,16H2,1-2H3. The molecular weight excluding hydrogens is 231 g/mol. The second kappa shape index (κ2) is 4.56. The van der Waals surface area contributed by atoms with E-state index >= 15 is 0 Å². The molecule has 0 saturated heterocycles. The molecule has 4 heteroatoms. The monoisotopic (exact) mass is 244 g/mol. The average Bonchev–Trinajstić information content (AvgIpc) is 2.27. The van der Waals surface area contributed by atoms with Gasteiger partial charge in [0.25, 0.3) is 0 Å². The Morgan fingerprint density at radius 3 is 2.67 bits per heavy atom. The van der Waals surface area contributed by atoms with Crippen LogP contribution in [0.4, 0.5) is 10.1 Å². The van der Waals surface area contributed by atoms with Crippen molar-refractivity contribution in [2.45, 2.75) is 13.8 Å². The quantitative estimate of drug-likeness (QED) is 0.826. The van der Waals surface area contributed by atoms with E-state index in [1.54, 1.807) is 32.0 Å². The number of ketones is 1. The molecule has 3 nitrogen and oxygen atoms in total. The van der Waals surface area contributed by atoms with E-state index in [0.29, 0.717) is 5.56 Å². The number of hydrogen-bond acceptors (Lipinski definition) is 3. The number of nitrogens with zero attached hydrogens (tertiary/aromatic N) is 1. The molecule has 18 heavy (non-hydrogen) atoms. The highest BCUT2D eigenvalue weighted by Crippen LogP contribution is 2.21. The zero-order chi connectivity index (χ0) is 13.3. The summed E-state index contributed by atoms with van der Waals surface area (Å²) in [5, 5.41) is 0. The molecule has 0 aliphatic heterocycles. The normalized spacial score (nSPS) is 10.4. The number of nitrogens with two attached hydrogens (primary N) is 1. The average molecular weight is 244 g/mol. The van der Waals surface area contributed by atoms with Gasteiger partial charge in [0, 0.05) is 6.20 Å². The van der Waals surface area contributed by atoms with Crippen molar-refractivity contribution in [2.75, 3.05) is 5.73 Å². The number of aryl methyl sites for hydroxylation is 2. The SMILES string of the molecule is Cc1cc(C)c(C(=O)c2ncccc2N)c(F)c1. The third-order valence-electron chi connectivity index (χ3n) is 2.71. The number of benzene rings is 1. The third-order valence-corrected chi connectivity index (χ3v) is 2.71. The molecule has 0 aliphatic rings. The van der Waals surface area contributed by atoms with E-state index in [-0.39, 0.29) is 16.9 Å². The number of carbonyl (C=O) groups excluding carboxylic acids is 1. The van der Waals surface area contributed by atoms with Crippen LogP contribution in [-0.4, -0.2) is 10.8 Å². The fraction of sp³-hybridized carbons (Fsp3) is 0.143. The number of nitrogen functional groups attached to an aromatic ring is 1. The molecule has 2 N–H and O–H groups in total. The van der Waals surface area contributed by atoms with Crippen molar-refractivity contribution in [2.24, 2.45) is 0 Å². The van der Waals surface area contributed by atoms with Crippen molar-refractivity contribution in [1.29, 1.82) is 0 Å². The lowest BCUT2D eigenvalue weighted by atomic mass is 9.99. The Kier molecular flexibility index (Phi) is 3.10. The molecular formula is C14H13FN2O. The van der Waals surface area contributed by atoms with Gasteiger partial charge in [-0.2, -0.15) is 0 Å². The minimum Gasteiger partial charge on any atom is -0.397 e. The first-order chi connectivity index (χ1) is 8.50. The summed E-state index contributed by atoms with van der Waals surface area (Å²) in [5.74, 6) is -1.02. The number of pyridine rings is 1. The van der Waals surface area contributed by atoms with Gasteiger partial charge in [0.15, 0.2) is 0 Å². The first-order valence-corrected chi connectivity index (χ1v) is 5.52. The summed E-state index contributed by atoms with van der Waals surface area (Å²) in [6.07, 6.45) is 1.46. The maximum atomic E-state index is 13.9. The van der Waals surface area contributed by atoms with Gasteiger partial charge in [-0.15, -0.1) is 0 Å². The van der Waals surface area contributed by atoms with Crippen molar-refractivity contribution in [1.82, 2.24) is 4.98 Å². The summed E-state index contributed by atoms with van der Waals surface area (Å²) >= 11 is 0. The summed E-state index contributed by atoms with van der Waals surface area (Å²) in [6, 6.07) is 6.29. The van der Waals surface area contributed by atoms with Gasteiger partial charge in [-0.1, -0.05) is 6.07 Å². The summed E-state index contributed by atoms with van der Waals surface area (Å²) in [5.41, 5.74) is 7.41. The van der Waals surface area contributed by atoms with Gasteiger partial charge >= 0.3 is 0 Å². The maximum Gasteiger partial charge on any atom is 0.216 e. The molecule has 0 atom stereocenters.